The zero-order valence-electron chi connectivity index (χ0n) is 14.2. The van der Waals surface area contributed by atoms with E-state index in [4.69, 9.17) is 5.73 Å². The molecule has 1 fully saturated rings. The number of rotatable bonds is 5. The van der Waals surface area contributed by atoms with Crippen LogP contribution in [-0.2, 0) is 17.9 Å². The van der Waals surface area contributed by atoms with E-state index in [2.05, 4.69) is 10.3 Å². The third kappa shape index (κ3) is 3.78. The van der Waals surface area contributed by atoms with Crippen molar-refractivity contribution in [1.29, 1.82) is 0 Å². The van der Waals surface area contributed by atoms with Crippen LogP contribution in [0.1, 0.15) is 18.5 Å². The number of thiazole rings is 1. The zero-order chi connectivity index (χ0) is 19.2. The summed E-state index contributed by atoms with van der Waals surface area (Å²) < 4.78 is 40.6. The van der Waals surface area contributed by atoms with Gasteiger partial charge in [0.2, 0.25) is 5.91 Å². The third-order valence-electron chi connectivity index (χ3n) is 4.48. The second-order valence-corrected chi connectivity index (χ2v) is 7.51. The van der Waals surface area contributed by atoms with Gasteiger partial charge in [0.15, 0.2) is 0 Å². The van der Waals surface area contributed by atoms with Crippen LogP contribution in [0.3, 0.4) is 0 Å². The van der Waals surface area contributed by atoms with Gasteiger partial charge in [-0.25, -0.2) is 4.98 Å². The van der Waals surface area contributed by atoms with Crippen LogP contribution in [0.2, 0.25) is 0 Å². The number of aromatic nitrogens is 2. The number of fused-ring (bicyclic) bond motifs is 1. The van der Waals surface area contributed by atoms with Crippen LogP contribution in [0.5, 0.6) is 0 Å². The lowest BCUT2D eigenvalue weighted by Crippen LogP contribution is -2.24. The van der Waals surface area contributed by atoms with E-state index in [9.17, 15) is 18.0 Å². The van der Waals surface area contributed by atoms with Crippen LogP contribution in [-0.4, -0.2) is 21.6 Å². The van der Waals surface area contributed by atoms with Crippen LogP contribution in [0.15, 0.2) is 29.6 Å². The number of carbonyl (C=O) groups is 1. The minimum Gasteiger partial charge on any atom is -0.398 e. The number of halogens is 3. The van der Waals surface area contributed by atoms with Gasteiger partial charge in [-0.15, -0.1) is 11.3 Å². The lowest BCUT2D eigenvalue weighted by molar-refractivity contribution is -0.139. The van der Waals surface area contributed by atoms with Gasteiger partial charge in [0, 0.05) is 22.4 Å². The van der Waals surface area contributed by atoms with Crippen molar-refractivity contribution in [3.8, 4) is 10.7 Å². The monoisotopic (exact) mass is 394 g/mol. The molecule has 1 saturated carbocycles. The summed E-state index contributed by atoms with van der Waals surface area (Å²) in [6, 6.07) is 6.55. The molecule has 1 aliphatic carbocycles. The standard InChI is InChI=1S/C18H17F3N4OS/c19-18(20,21)9-25-14-3-1-2-13(22)12(14)6-15(25)17-24-11(8-27-17)7-23-16(26)10-4-5-10/h1-3,6,8,10H,4-5,7,9,22H2,(H,23,26). The number of nitrogen functional groups attached to an aromatic ring is 1. The Morgan fingerprint density at radius 2 is 2.15 bits per heavy atom. The number of alkyl halides is 3. The molecular formula is C18H17F3N4OS. The van der Waals surface area contributed by atoms with E-state index in [1.54, 1.807) is 29.6 Å². The number of carbonyl (C=O) groups excluding carboxylic acids is 1. The van der Waals surface area contributed by atoms with Crippen molar-refractivity contribution >= 4 is 33.8 Å². The highest BCUT2D eigenvalue weighted by atomic mass is 32.1. The maximum atomic E-state index is 13.1. The maximum absolute atomic E-state index is 13.1. The smallest absolute Gasteiger partial charge is 0.398 e. The zero-order valence-corrected chi connectivity index (χ0v) is 15.0. The molecule has 1 amide bonds. The van der Waals surface area contributed by atoms with Gasteiger partial charge in [-0.1, -0.05) is 6.07 Å². The highest BCUT2D eigenvalue weighted by molar-refractivity contribution is 7.13. The molecule has 27 heavy (non-hydrogen) atoms. The van der Waals surface area contributed by atoms with Gasteiger partial charge >= 0.3 is 6.18 Å². The van der Waals surface area contributed by atoms with Crippen LogP contribution in [0, 0.1) is 5.92 Å². The second kappa shape index (κ2) is 6.56. The Balaban J connectivity index is 1.67. The van der Waals surface area contributed by atoms with E-state index in [0.29, 0.717) is 33.0 Å². The van der Waals surface area contributed by atoms with E-state index in [1.165, 1.54) is 15.9 Å². The number of hydrogen-bond donors (Lipinski definition) is 2. The first-order valence-electron chi connectivity index (χ1n) is 8.49. The molecule has 9 heteroatoms. The SMILES string of the molecule is Nc1cccc2c1cc(-c1nc(CNC(=O)C3CC3)cs1)n2CC(F)(F)F. The molecule has 4 rings (SSSR count). The number of anilines is 1. The molecule has 0 spiro atoms. The van der Waals surface area contributed by atoms with Crippen molar-refractivity contribution in [3.05, 3.63) is 35.3 Å². The van der Waals surface area contributed by atoms with Crippen LogP contribution < -0.4 is 11.1 Å². The number of amides is 1. The van der Waals surface area contributed by atoms with Gasteiger partial charge in [0.05, 0.1) is 23.4 Å². The predicted molar refractivity (Wildman–Crippen MR) is 98.1 cm³/mol. The van der Waals surface area contributed by atoms with Crippen LogP contribution in [0.4, 0.5) is 18.9 Å². The van der Waals surface area contributed by atoms with Gasteiger partial charge in [0.25, 0.3) is 0 Å². The molecule has 1 aliphatic rings. The summed E-state index contributed by atoms with van der Waals surface area (Å²) in [4.78, 5) is 16.2. The molecule has 5 nitrogen and oxygen atoms in total. The van der Waals surface area contributed by atoms with Crippen molar-refractivity contribution < 1.29 is 18.0 Å². The molecule has 2 heterocycles. The highest BCUT2D eigenvalue weighted by Crippen LogP contribution is 2.35. The van der Waals surface area contributed by atoms with Gasteiger partial charge in [-0.2, -0.15) is 13.2 Å². The van der Waals surface area contributed by atoms with Crippen molar-refractivity contribution in [3.63, 3.8) is 0 Å². The van der Waals surface area contributed by atoms with Crippen LogP contribution in [0.25, 0.3) is 21.6 Å². The fourth-order valence-corrected chi connectivity index (χ4v) is 3.85. The Bertz CT molecular complexity index is 1000. The number of nitrogens with two attached hydrogens (primary N) is 1. The average molecular weight is 394 g/mol. The molecule has 0 radical (unpaired) electrons. The number of benzene rings is 1. The van der Waals surface area contributed by atoms with E-state index in [0.717, 1.165) is 12.8 Å². The van der Waals surface area contributed by atoms with Gasteiger partial charge in [-0.3, -0.25) is 4.79 Å². The number of hydrogen-bond acceptors (Lipinski definition) is 4. The Kier molecular flexibility index (Phi) is 4.33. The van der Waals surface area contributed by atoms with Crippen molar-refractivity contribution in [2.75, 3.05) is 5.73 Å². The fourth-order valence-electron chi connectivity index (χ4n) is 3.01. The minimum absolute atomic E-state index is 0.00325. The lowest BCUT2D eigenvalue weighted by atomic mass is 10.2. The average Bonchev–Trinajstić information content (AvgIpc) is 3.25. The van der Waals surface area contributed by atoms with E-state index in [1.807, 2.05) is 0 Å². The summed E-state index contributed by atoms with van der Waals surface area (Å²) in [6.07, 6.45) is -2.55. The van der Waals surface area contributed by atoms with Gasteiger partial charge in [-0.05, 0) is 31.0 Å². The third-order valence-corrected chi connectivity index (χ3v) is 5.39. The van der Waals surface area contributed by atoms with Crippen molar-refractivity contribution in [2.24, 2.45) is 5.92 Å². The van der Waals surface area contributed by atoms with Gasteiger partial charge < -0.3 is 15.6 Å². The summed E-state index contributed by atoms with van der Waals surface area (Å²) in [7, 11) is 0. The summed E-state index contributed by atoms with van der Waals surface area (Å²) >= 11 is 1.25. The van der Waals surface area contributed by atoms with Crippen LogP contribution >= 0.6 is 11.3 Å². The van der Waals surface area contributed by atoms with Crippen molar-refractivity contribution in [2.45, 2.75) is 32.1 Å². The molecule has 3 N–H and O–H groups in total. The molecule has 3 aromatic rings. The molecule has 0 bridgehead atoms. The Morgan fingerprint density at radius 3 is 2.85 bits per heavy atom. The molecule has 0 atom stereocenters. The van der Waals surface area contributed by atoms with Crippen molar-refractivity contribution in [1.82, 2.24) is 14.9 Å². The molecule has 0 unspecified atom stereocenters. The number of nitrogens with one attached hydrogen (secondary N) is 1. The first-order chi connectivity index (χ1) is 12.8. The minimum atomic E-state index is -4.37. The lowest BCUT2D eigenvalue weighted by Gasteiger charge is -2.12. The van der Waals surface area contributed by atoms with E-state index < -0.39 is 12.7 Å². The Morgan fingerprint density at radius 1 is 1.37 bits per heavy atom. The topological polar surface area (TPSA) is 72.9 Å². The summed E-state index contributed by atoms with van der Waals surface area (Å²) in [5, 5.41) is 5.59. The predicted octanol–water partition coefficient (Wildman–Crippen LogP) is 3.94. The number of nitrogens with zero attached hydrogens (tertiary/aromatic N) is 2. The Hall–Kier alpha value is -2.55. The highest BCUT2D eigenvalue weighted by Gasteiger charge is 2.31. The Labute approximate surface area is 157 Å². The van der Waals surface area contributed by atoms with E-state index >= 15 is 0 Å². The fraction of sp³-hybridized carbons (Fsp3) is 0.333. The summed E-state index contributed by atoms with van der Waals surface area (Å²) in [5.74, 6) is 0.101. The molecule has 142 valence electrons. The first-order valence-corrected chi connectivity index (χ1v) is 9.37. The molecular weight excluding hydrogens is 377 g/mol. The first kappa shape index (κ1) is 17.8. The molecule has 1 aromatic carbocycles. The molecule has 0 aliphatic heterocycles. The largest absolute Gasteiger partial charge is 0.406 e. The van der Waals surface area contributed by atoms with Gasteiger partial charge in [0.1, 0.15) is 11.6 Å². The quantitative estimate of drug-likeness (QED) is 0.644. The second-order valence-electron chi connectivity index (χ2n) is 6.65. The summed E-state index contributed by atoms with van der Waals surface area (Å²) in [6.45, 7) is -0.851. The molecule has 2 aromatic heterocycles. The van der Waals surface area contributed by atoms with E-state index in [-0.39, 0.29) is 18.4 Å². The summed E-state index contributed by atoms with van der Waals surface area (Å²) in [5.41, 5.74) is 7.77. The maximum Gasteiger partial charge on any atom is 0.406 e. The normalized spacial score (nSPS) is 14.6. The molecule has 0 saturated heterocycles.